The topological polar surface area (TPSA) is 61.4 Å². The molecule has 0 radical (unpaired) electrons. The van der Waals surface area contributed by atoms with Crippen molar-refractivity contribution in [2.45, 2.75) is 91.3 Å². The minimum atomic E-state index is -0.336. The average Bonchev–Trinajstić information content (AvgIpc) is 3.29. The third-order valence-corrected chi connectivity index (χ3v) is 5.71. The summed E-state index contributed by atoms with van der Waals surface area (Å²) in [7, 11) is 1.82. The van der Waals surface area contributed by atoms with E-state index < -0.39 is 0 Å². The lowest BCUT2D eigenvalue weighted by molar-refractivity contribution is -0.142. The van der Waals surface area contributed by atoms with Gasteiger partial charge in [0.15, 0.2) is 0 Å². The Hall–Kier alpha value is -1.36. The highest BCUT2D eigenvalue weighted by atomic mass is 16.2. The SMILES string of the molecule is CCCC(NC(=O)C1CCCN1C(=O)C(NC)C(C)(C)C)C(C)=C1CC1. The van der Waals surface area contributed by atoms with Crippen LogP contribution in [0.25, 0.3) is 0 Å². The highest BCUT2D eigenvalue weighted by Gasteiger charge is 2.40. The van der Waals surface area contributed by atoms with Gasteiger partial charge in [0, 0.05) is 6.54 Å². The van der Waals surface area contributed by atoms with Crippen molar-refractivity contribution in [3.63, 3.8) is 0 Å². The van der Waals surface area contributed by atoms with Gasteiger partial charge in [-0.25, -0.2) is 0 Å². The van der Waals surface area contributed by atoms with Gasteiger partial charge in [-0.05, 0) is 51.5 Å². The molecule has 2 rings (SSSR count). The average molecular weight is 364 g/mol. The second kappa shape index (κ2) is 8.55. The molecule has 2 aliphatic rings. The fourth-order valence-corrected chi connectivity index (χ4v) is 4.05. The Morgan fingerprint density at radius 2 is 1.92 bits per heavy atom. The number of likely N-dealkylation sites (N-methyl/N-ethyl adjacent to an activating group) is 1. The van der Waals surface area contributed by atoms with Gasteiger partial charge in [-0.3, -0.25) is 9.59 Å². The summed E-state index contributed by atoms with van der Waals surface area (Å²) in [5, 5.41) is 6.40. The smallest absolute Gasteiger partial charge is 0.243 e. The van der Waals surface area contributed by atoms with Crippen LogP contribution in [-0.4, -0.2) is 48.4 Å². The largest absolute Gasteiger partial charge is 0.348 e. The highest BCUT2D eigenvalue weighted by Crippen LogP contribution is 2.33. The molecule has 0 aromatic carbocycles. The summed E-state index contributed by atoms with van der Waals surface area (Å²) in [6, 6.07) is -0.500. The van der Waals surface area contributed by atoms with E-state index in [4.69, 9.17) is 0 Å². The zero-order chi connectivity index (χ0) is 19.5. The Labute approximate surface area is 159 Å². The van der Waals surface area contributed by atoms with Crippen LogP contribution in [0.3, 0.4) is 0 Å². The number of carbonyl (C=O) groups excluding carboxylic acids is 2. The van der Waals surface area contributed by atoms with E-state index in [2.05, 4.69) is 45.3 Å². The van der Waals surface area contributed by atoms with Crippen LogP contribution in [0, 0.1) is 5.41 Å². The first-order valence-electron chi connectivity index (χ1n) is 10.2. The number of hydrogen-bond acceptors (Lipinski definition) is 3. The quantitative estimate of drug-likeness (QED) is 0.684. The maximum atomic E-state index is 13.1. The number of likely N-dealkylation sites (tertiary alicyclic amines) is 1. The number of amides is 2. The van der Waals surface area contributed by atoms with Crippen molar-refractivity contribution in [1.29, 1.82) is 0 Å². The van der Waals surface area contributed by atoms with E-state index in [9.17, 15) is 9.59 Å². The Morgan fingerprint density at radius 3 is 2.42 bits per heavy atom. The molecular formula is C21H37N3O2. The molecule has 2 amide bonds. The number of nitrogens with one attached hydrogen (secondary N) is 2. The number of allylic oxidation sites excluding steroid dienone is 1. The highest BCUT2D eigenvalue weighted by molar-refractivity contribution is 5.91. The van der Waals surface area contributed by atoms with E-state index in [0.29, 0.717) is 6.54 Å². The molecule has 5 nitrogen and oxygen atoms in total. The number of carbonyl (C=O) groups is 2. The van der Waals surface area contributed by atoms with Crippen molar-refractivity contribution in [2.75, 3.05) is 13.6 Å². The Morgan fingerprint density at radius 1 is 1.27 bits per heavy atom. The lowest BCUT2D eigenvalue weighted by atomic mass is 9.86. The maximum absolute atomic E-state index is 13.1. The van der Waals surface area contributed by atoms with Gasteiger partial charge in [-0.15, -0.1) is 0 Å². The van der Waals surface area contributed by atoms with Crippen molar-refractivity contribution in [3.05, 3.63) is 11.1 Å². The Bertz CT molecular complexity index is 556. The fraction of sp³-hybridized carbons (Fsp3) is 0.810. The third kappa shape index (κ3) is 4.87. The van der Waals surface area contributed by atoms with Gasteiger partial charge in [-0.1, -0.05) is 45.3 Å². The summed E-state index contributed by atoms with van der Waals surface area (Å²) in [5.74, 6) is 0.0561. The summed E-state index contributed by atoms with van der Waals surface area (Å²) in [6.07, 6.45) is 5.99. The van der Waals surface area contributed by atoms with Gasteiger partial charge in [0.2, 0.25) is 11.8 Å². The maximum Gasteiger partial charge on any atom is 0.243 e. The Balaban J connectivity index is 2.09. The summed E-state index contributed by atoms with van der Waals surface area (Å²) in [4.78, 5) is 27.9. The monoisotopic (exact) mass is 363 g/mol. The molecule has 1 saturated heterocycles. The molecule has 26 heavy (non-hydrogen) atoms. The number of nitrogens with zero attached hydrogens (tertiary/aromatic N) is 1. The third-order valence-electron chi connectivity index (χ3n) is 5.71. The molecule has 2 N–H and O–H groups in total. The molecule has 3 unspecified atom stereocenters. The molecule has 0 aromatic rings. The van der Waals surface area contributed by atoms with E-state index in [1.54, 1.807) is 4.90 Å². The van der Waals surface area contributed by atoms with Crippen LogP contribution in [0.1, 0.15) is 73.1 Å². The first-order valence-corrected chi connectivity index (χ1v) is 10.2. The molecule has 1 heterocycles. The molecule has 5 heteroatoms. The zero-order valence-electron chi connectivity index (χ0n) is 17.4. The van der Waals surface area contributed by atoms with E-state index in [0.717, 1.165) is 25.7 Å². The van der Waals surface area contributed by atoms with Gasteiger partial charge in [0.25, 0.3) is 0 Å². The molecule has 0 bridgehead atoms. The van der Waals surface area contributed by atoms with Crippen LogP contribution < -0.4 is 10.6 Å². The van der Waals surface area contributed by atoms with Crippen LogP contribution in [0.15, 0.2) is 11.1 Å². The first kappa shape index (κ1) is 20.9. The van der Waals surface area contributed by atoms with Crippen LogP contribution in [0.5, 0.6) is 0 Å². The van der Waals surface area contributed by atoms with Gasteiger partial charge >= 0.3 is 0 Å². The van der Waals surface area contributed by atoms with E-state index in [1.807, 2.05) is 7.05 Å². The van der Waals surface area contributed by atoms with Crippen molar-refractivity contribution < 1.29 is 9.59 Å². The summed E-state index contributed by atoms with van der Waals surface area (Å²) in [5.41, 5.74) is 2.64. The Kier molecular flexibility index (Phi) is 6.89. The molecular weight excluding hydrogens is 326 g/mol. The number of rotatable bonds is 7. The minimum Gasteiger partial charge on any atom is -0.348 e. The van der Waals surface area contributed by atoms with Crippen LogP contribution in [-0.2, 0) is 9.59 Å². The van der Waals surface area contributed by atoms with E-state index in [-0.39, 0.29) is 35.4 Å². The molecule has 3 atom stereocenters. The van der Waals surface area contributed by atoms with Gasteiger partial charge in [0.1, 0.15) is 6.04 Å². The van der Waals surface area contributed by atoms with Crippen LogP contribution >= 0.6 is 0 Å². The molecule has 0 aromatic heterocycles. The van der Waals surface area contributed by atoms with Crippen molar-refractivity contribution in [1.82, 2.24) is 15.5 Å². The van der Waals surface area contributed by atoms with Crippen molar-refractivity contribution in [3.8, 4) is 0 Å². The van der Waals surface area contributed by atoms with Crippen molar-refractivity contribution in [2.24, 2.45) is 5.41 Å². The van der Waals surface area contributed by atoms with E-state index in [1.165, 1.54) is 24.0 Å². The first-order chi connectivity index (χ1) is 12.2. The second-order valence-electron chi connectivity index (χ2n) is 8.91. The summed E-state index contributed by atoms with van der Waals surface area (Å²) < 4.78 is 0. The predicted molar refractivity (Wildman–Crippen MR) is 106 cm³/mol. The molecule has 1 aliphatic heterocycles. The lowest BCUT2D eigenvalue weighted by Crippen LogP contribution is -2.56. The minimum absolute atomic E-state index is 0.0127. The summed E-state index contributed by atoms with van der Waals surface area (Å²) >= 11 is 0. The van der Waals surface area contributed by atoms with Gasteiger partial charge in [0.05, 0.1) is 12.1 Å². The molecule has 1 aliphatic carbocycles. The molecule has 2 fully saturated rings. The normalized spacial score (nSPS) is 22.2. The summed E-state index contributed by atoms with van der Waals surface area (Å²) in [6.45, 7) is 11.1. The molecule has 0 spiro atoms. The zero-order valence-corrected chi connectivity index (χ0v) is 17.4. The van der Waals surface area contributed by atoms with Gasteiger partial charge < -0.3 is 15.5 Å². The predicted octanol–water partition coefficient (Wildman–Crippen LogP) is 3.01. The van der Waals surface area contributed by atoms with Crippen LogP contribution in [0.4, 0.5) is 0 Å². The van der Waals surface area contributed by atoms with E-state index >= 15 is 0 Å². The van der Waals surface area contributed by atoms with Crippen molar-refractivity contribution >= 4 is 11.8 Å². The molecule has 1 saturated carbocycles. The fourth-order valence-electron chi connectivity index (χ4n) is 4.05. The standard InChI is InChI=1S/C21H37N3O2/c1-7-9-16(14(2)15-11-12-15)23-19(25)17-10-8-13-24(17)20(26)18(22-6)21(3,4)5/h16-18,22H,7-13H2,1-6H3,(H,23,25). The van der Waals surface area contributed by atoms with Crippen LogP contribution in [0.2, 0.25) is 0 Å². The number of hydrogen-bond donors (Lipinski definition) is 2. The lowest BCUT2D eigenvalue weighted by Gasteiger charge is -2.35. The van der Waals surface area contributed by atoms with Gasteiger partial charge in [-0.2, -0.15) is 0 Å². The second-order valence-corrected chi connectivity index (χ2v) is 8.91. The molecule has 148 valence electrons.